The largest absolute Gasteiger partial charge is 0.718 e. The predicted molar refractivity (Wildman–Crippen MR) is 152 cm³/mol. The van der Waals surface area contributed by atoms with Crippen molar-refractivity contribution in [2.24, 2.45) is 5.92 Å². The highest BCUT2D eigenvalue weighted by atomic mass is 16.8. The molecule has 12 nitrogen and oxygen atoms in total. The van der Waals surface area contributed by atoms with Gasteiger partial charge in [0.2, 0.25) is 5.91 Å². The second-order valence-electron chi connectivity index (χ2n) is 11.3. The molecule has 42 heavy (non-hydrogen) atoms. The minimum atomic E-state index is -3.09. The van der Waals surface area contributed by atoms with Crippen LogP contribution in [0.3, 0.4) is 0 Å². The summed E-state index contributed by atoms with van der Waals surface area (Å²) in [5, 5.41) is 15.5. The lowest BCUT2D eigenvalue weighted by atomic mass is 9.55. The molecule has 2 fully saturated rings. The van der Waals surface area contributed by atoms with Crippen LogP contribution in [0.5, 0.6) is 0 Å². The number of amides is 2. The third-order valence-electron chi connectivity index (χ3n) is 7.53. The van der Waals surface area contributed by atoms with Gasteiger partial charge in [-0.05, 0) is 37.2 Å². The number of carboxylic acids is 1. The average molecular weight is 581 g/mol. The number of aliphatic hydroxyl groups is 1. The van der Waals surface area contributed by atoms with Gasteiger partial charge in [-0.3, -0.25) is 19.2 Å². The van der Waals surface area contributed by atoms with E-state index >= 15 is 0 Å². The van der Waals surface area contributed by atoms with Crippen LogP contribution in [0.1, 0.15) is 56.9 Å². The first kappa shape index (κ1) is 30.9. The van der Waals surface area contributed by atoms with Crippen LogP contribution >= 0.6 is 0 Å². The molecule has 0 saturated carbocycles. The molecule has 0 radical (unpaired) electrons. The first-order valence-corrected chi connectivity index (χ1v) is 14.0. The molecule has 2 aliphatic heterocycles. The first-order chi connectivity index (χ1) is 19.9. The van der Waals surface area contributed by atoms with E-state index in [2.05, 4.69) is 20.3 Å². The smallest absolute Gasteiger partial charge is 0.576 e. The molecule has 3 heterocycles. The van der Waals surface area contributed by atoms with E-state index < -0.39 is 72.7 Å². The molecule has 0 spiro atoms. The highest BCUT2D eigenvalue weighted by Gasteiger charge is 2.64. The third kappa shape index (κ3) is 6.52. The van der Waals surface area contributed by atoms with Crippen molar-refractivity contribution < 1.29 is 43.0 Å². The topological polar surface area (TPSA) is 174 Å². The predicted octanol–water partition coefficient (Wildman–Crippen LogP) is 1.45. The quantitative estimate of drug-likeness (QED) is 0.262. The van der Waals surface area contributed by atoms with Gasteiger partial charge in [0.05, 0.1) is 18.2 Å². The van der Waals surface area contributed by atoms with Crippen LogP contribution in [-0.4, -0.2) is 75.8 Å². The van der Waals surface area contributed by atoms with E-state index in [-0.39, 0.29) is 24.5 Å². The van der Waals surface area contributed by atoms with Gasteiger partial charge in [-0.15, -0.1) is 0 Å². The number of fused-ring (bicyclic) bond motifs is 2. The number of Topliss-reactive ketones (excluding diaryl/α,β-unsaturated/α-hetero) is 1. The zero-order valence-corrected chi connectivity index (χ0v) is 24.0. The molecule has 2 aromatic rings. The van der Waals surface area contributed by atoms with Gasteiger partial charge in [-0.1, -0.05) is 56.7 Å². The number of carbonyl (C=O) groups excluding carboxylic acids is 4. The Labute approximate surface area is 243 Å². The van der Waals surface area contributed by atoms with Crippen molar-refractivity contribution in [2.75, 3.05) is 7.05 Å². The SMILES string of the molecule is CNC(=O)[C@]12CC(=O)O[B-]([C@@H](CC(=O)[C@@H](NC(=O)c3cccc(-c4ccccc4)n3)[C@@H](C)O)CC(C)C)(O1)[OH+]C(=O)C2. The van der Waals surface area contributed by atoms with Gasteiger partial charge in [0.15, 0.2) is 5.78 Å². The molecular weight excluding hydrogens is 545 g/mol. The van der Waals surface area contributed by atoms with E-state index in [1.807, 2.05) is 44.2 Å². The first-order valence-electron chi connectivity index (χ1n) is 14.0. The van der Waals surface area contributed by atoms with E-state index in [0.717, 1.165) is 5.56 Å². The number of pyridine rings is 1. The second kappa shape index (κ2) is 12.4. The van der Waals surface area contributed by atoms with Gasteiger partial charge in [0.25, 0.3) is 11.9 Å². The minimum absolute atomic E-state index is 0.0455. The number of hydrogen-bond acceptors (Lipinski definition) is 9. The van der Waals surface area contributed by atoms with E-state index in [0.29, 0.717) is 5.69 Å². The summed E-state index contributed by atoms with van der Waals surface area (Å²) in [6.45, 7) is 2.01. The van der Waals surface area contributed by atoms with Crippen molar-refractivity contribution in [1.29, 1.82) is 0 Å². The monoisotopic (exact) mass is 581 g/mol. The van der Waals surface area contributed by atoms with Crippen molar-refractivity contribution in [1.82, 2.24) is 15.6 Å². The number of aliphatic carboxylic acids is 1. The van der Waals surface area contributed by atoms with Crippen LogP contribution in [-0.2, 0) is 28.5 Å². The van der Waals surface area contributed by atoms with E-state index in [1.54, 1.807) is 12.1 Å². The van der Waals surface area contributed by atoms with Crippen molar-refractivity contribution in [3.8, 4) is 11.3 Å². The van der Waals surface area contributed by atoms with Crippen molar-refractivity contribution in [2.45, 2.75) is 70.0 Å². The second-order valence-corrected chi connectivity index (χ2v) is 11.3. The minimum Gasteiger partial charge on any atom is -0.718 e. The maximum Gasteiger partial charge on any atom is 0.576 e. The van der Waals surface area contributed by atoms with Gasteiger partial charge in [-0.2, -0.15) is 0 Å². The molecule has 1 aromatic heterocycles. The summed E-state index contributed by atoms with van der Waals surface area (Å²) in [5.41, 5.74) is -0.395. The Morgan fingerprint density at radius 1 is 1.07 bits per heavy atom. The number of rotatable bonds is 11. The van der Waals surface area contributed by atoms with E-state index in [1.165, 1.54) is 20.0 Å². The van der Waals surface area contributed by atoms with E-state index in [4.69, 9.17) is 9.31 Å². The average Bonchev–Trinajstić information content (AvgIpc) is 2.94. The normalized spacial score (nSPS) is 23.7. The number of benzene rings is 1. The molecule has 4 rings (SSSR count). The summed E-state index contributed by atoms with van der Waals surface area (Å²) in [5.74, 6) is -4.38. The summed E-state index contributed by atoms with van der Waals surface area (Å²) >= 11 is 0. The van der Waals surface area contributed by atoms with Crippen LogP contribution in [0.2, 0.25) is 5.82 Å². The summed E-state index contributed by atoms with van der Waals surface area (Å²) in [4.78, 5) is 69.6. The summed E-state index contributed by atoms with van der Waals surface area (Å²) < 4.78 is 15.7. The zero-order chi connectivity index (χ0) is 30.7. The molecule has 1 unspecified atom stereocenters. The van der Waals surface area contributed by atoms with Crippen LogP contribution in [0.25, 0.3) is 11.3 Å². The highest BCUT2D eigenvalue weighted by molar-refractivity contribution is 6.66. The number of nitrogens with zero attached hydrogens (tertiary/aromatic N) is 1. The Balaban J connectivity index is 1.59. The van der Waals surface area contributed by atoms with E-state index in [9.17, 15) is 29.1 Å². The van der Waals surface area contributed by atoms with Gasteiger partial charge < -0.3 is 29.7 Å². The standard InChI is InChI=1S/C29H36BN3O9/c1-17(2)13-20(30-40-24(36)15-29(42-30,28(39)31-4)16-25(37)41-30)14-23(35)26(18(3)34)33-27(38)22-12-8-11-21(32-22)19-9-6-5-7-10-19/h5-12,17-18,20,26,34,40H,13-16H2,1-4H3,(H,31,39)(H,33,38)/t18-,20-,26+,29+,30?/m1/s1. The van der Waals surface area contributed by atoms with Crippen LogP contribution in [0, 0.1) is 5.92 Å². The molecule has 224 valence electrons. The van der Waals surface area contributed by atoms with Crippen LogP contribution in [0.15, 0.2) is 48.5 Å². The number of ketones is 1. The molecular formula is C29H36BN3O9. The molecule has 2 amide bonds. The number of likely N-dealkylation sites (N-methyl/N-ethyl adjacent to an activating group) is 1. The van der Waals surface area contributed by atoms with Crippen molar-refractivity contribution >= 4 is 36.3 Å². The Morgan fingerprint density at radius 3 is 2.43 bits per heavy atom. The van der Waals surface area contributed by atoms with Crippen LogP contribution < -0.4 is 10.6 Å². The molecule has 4 N–H and O–H groups in total. The Morgan fingerprint density at radius 2 is 1.79 bits per heavy atom. The van der Waals surface area contributed by atoms with Crippen LogP contribution in [0.4, 0.5) is 0 Å². The lowest BCUT2D eigenvalue weighted by molar-refractivity contribution is -0.201. The van der Waals surface area contributed by atoms with Crippen molar-refractivity contribution in [3.63, 3.8) is 0 Å². The highest BCUT2D eigenvalue weighted by Crippen LogP contribution is 2.45. The number of aliphatic hydroxyl groups excluding tert-OH is 1. The summed E-state index contributed by atoms with van der Waals surface area (Å²) in [6, 6.07) is 12.8. The Hall–Kier alpha value is -4.10. The maximum absolute atomic E-state index is 13.7. The van der Waals surface area contributed by atoms with Gasteiger partial charge in [-0.25, -0.2) is 4.98 Å². The van der Waals surface area contributed by atoms with Crippen molar-refractivity contribution in [3.05, 3.63) is 54.2 Å². The maximum atomic E-state index is 13.7. The molecule has 1 aromatic carbocycles. The van der Waals surface area contributed by atoms with Gasteiger partial charge >= 0.3 is 12.7 Å². The summed E-state index contributed by atoms with van der Waals surface area (Å²) in [7, 11) is 1.36. The molecule has 5 atom stereocenters. The fourth-order valence-electron chi connectivity index (χ4n) is 5.65. The number of hydrogen-bond donors (Lipinski definition) is 3. The Kier molecular flexibility index (Phi) is 9.12. The molecule has 2 saturated heterocycles. The zero-order valence-electron chi connectivity index (χ0n) is 24.0. The number of carbonyl (C=O) groups is 5. The Bertz CT molecular complexity index is 1350. The molecule has 2 aliphatic rings. The fourth-order valence-corrected chi connectivity index (χ4v) is 5.65. The lowest BCUT2D eigenvalue weighted by Gasteiger charge is -2.55. The van der Waals surface area contributed by atoms with Gasteiger partial charge in [0.1, 0.15) is 23.8 Å². The number of aromatic nitrogens is 1. The summed E-state index contributed by atoms with van der Waals surface area (Å²) in [6.07, 6.45) is -2.33. The lowest BCUT2D eigenvalue weighted by Crippen LogP contribution is -2.72. The molecule has 13 heteroatoms. The molecule has 2 bridgehead atoms. The third-order valence-corrected chi connectivity index (χ3v) is 7.53. The number of nitrogens with one attached hydrogen (secondary N) is 2. The fraction of sp³-hybridized carbons (Fsp3) is 0.448. The molecule has 0 aliphatic carbocycles. The van der Waals surface area contributed by atoms with Gasteiger partial charge in [0, 0.05) is 17.4 Å².